The number of hydrogen-bond acceptors (Lipinski definition) is 5. The van der Waals surface area contributed by atoms with E-state index < -0.39 is 0 Å². The molecule has 3 heterocycles. The lowest BCUT2D eigenvalue weighted by atomic mass is 10.1. The molecule has 0 amide bonds. The Morgan fingerprint density at radius 3 is 2.70 bits per heavy atom. The van der Waals surface area contributed by atoms with Gasteiger partial charge in [-0.1, -0.05) is 6.07 Å². The zero-order valence-corrected chi connectivity index (χ0v) is 16.0. The van der Waals surface area contributed by atoms with Crippen molar-refractivity contribution in [3.05, 3.63) is 44.6 Å². The van der Waals surface area contributed by atoms with Crippen LogP contribution in [0.5, 0.6) is 5.75 Å². The zero-order valence-electron chi connectivity index (χ0n) is 16.0. The highest BCUT2D eigenvalue weighted by Gasteiger charge is 2.28. The quantitative estimate of drug-likeness (QED) is 0.704. The van der Waals surface area contributed by atoms with E-state index in [4.69, 9.17) is 9.72 Å². The third-order valence-electron chi connectivity index (χ3n) is 5.16. The monoisotopic (exact) mass is 369 g/mol. The van der Waals surface area contributed by atoms with Crippen LogP contribution in [-0.2, 0) is 20.1 Å². The van der Waals surface area contributed by atoms with Gasteiger partial charge in [0, 0.05) is 26.7 Å². The third kappa shape index (κ3) is 2.47. The molecule has 27 heavy (non-hydrogen) atoms. The molecule has 0 bridgehead atoms. The van der Waals surface area contributed by atoms with Gasteiger partial charge < -0.3 is 14.2 Å². The summed E-state index contributed by atoms with van der Waals surface area (Å²) in [4.78, 5) is 32.2. The Balaban J connectivity index is 2.03. The van der Waals surface area contributed by atoms with E-state index in [0.717, 1.165) is 30.0 Å². The Bertz CT molecular complexity index is 1150. The van der Waals surface area contributed by atoms with Crippen LogP contribution in [0.2, 0.25) is 0 Å². The summed E-state index contributed by atoms with van der Waals surface area (Å²) in [6.07, 6.45) is 0.865. The molecule has 2 aromatic heterocycles. The van der Waals surface area contributed by atoms with Crippen LogP contribution >= 0.6 is 0 Å². The molecule has 142 valence electrons. The SMILES string of the molecule is CCn1c(=O)c2c(nc3n2CCCN3c2cc(C)ccc2OC)n(C)c1=O. The van der Waals surface area contributed by atoms with Gasteiger partial charge in [0.25, 0.3) is 5.56 Å². The average Bonchev–Trinajstić information content (AvgIpc) is 3.06. The number of hydrogen-bond donors (Lipinski definition) is 0. The minimum atomic E-state index is -0.342. The first-order chi connectivity index (χ1) is 13.0. The molecule has 3 aromatic rings. The molecule has 0 spiro atoms. The lowest BCUT2D eigenvalue weighted by Gasteiger charge is -2.30. The highest BCUT2D eigenvalue weighted by Crippen LogP contribution is 2.37. The second-order valence-corrected chi connectivity index (χ2v) is 6.81. The first-order valence-corrected chi connectivity index (χ1v) is 9.10. The smallest absolute Gasteiger partial charge is 0.332 e. The Morgan fingerprint density at radius 2 is 2.00 bits per heavy atom. The fourth-order valence-corrected chi connectivity index (χ4v) is 3.78. The minimum absolute atomic E-state index is 0.285. The van der Waals surface area contributed by atoms with Crippen molar-refractivity contribution in [1.82, 2.24) is 18.7 Å². The molecule has 1 aliphatic rings. The highest BCUT2D eigenvalue weighted by molar-refractivity contribution is 5.78. The van der Waals surface area contributed by atoms with E-state index in [0.29, 0.717) is 30.2 Å². The van der Waals surface area contributed by atoms with Gasteiger partial charge in [0.15, 0.2) is 11.2 Å². The molecule has 0 unspecified atom stereocenters. The van der Waals surface area contributed by atoms with Crippen molar-refractivity contribution in [3.63, 3.8) is 0 Å². The predicted octanol–water partition coefficient (Wildman–Crippen LogP) is 1.78. The minimum Gasteiger partial charge on any atom is -0.495 e. The summed E-state index contributed by atoms with van der Waals surface area (Å²) in [5, 5.41) is 0. The van der Waals surface area contributed by atoms with Crippen molar-refractivity contribution < 1.29 is 4.74 Å². The van der Waals surface area contributed by atoms with E-state index in [9.17, 15) is 9.59 Å². The number of rotatable bonds is 3. The van der Waals surface area contributed by atoms with E-state index in [1.54, 1.807) is 21.1 Å². The van der Waals surface area contributed by atoms with Gasteiger partial charge in [-0.3, -0.25) is 13.9 Å². The number of ether oxygens (including phenoxy) is 1. The summed E-state index contributed by atoms with van der Waals surface area (Å²) < 4.78 is 10.2. The molecule has 8 nitrogen and oxygen atoms in total. The van der Waals surface area contributed by atoms with Crippen molar-refractivity contribution in [2.45, 2.75) is 33.4 Å². The summed E-state index contributed by atoms with van der Waals surface area (Å²) in [5.41, 5.74) is 2.29. The zero-order chi connectivity index (χ0) is 19.3. The van der Waals surface area contributed by atoms with Gasteiger partial charge >= 0.3 is 5.69 Å². The van der Waals surface area contributed by atoms with E-state index in [2.05, 4.69) is 11.0 Å². The van der Waals surface area contributed by atoms with Gasteiger partial charge in [0.05, 0.1) is 12.8 Å². The molecule has 0 fully saturated rings. The van der Waals surface area contributed by atoms with Crippen LogP contribution in [0.1, 0.15) is 18.9 Å². The molecule has 0 saturated carbocycles. The summed E-state index contributed by atoms with van der Waals surface area (Å²) in [6, 6.07) is 5.99. The molecule has 0 radical (unpaired) electrons. The Hall–Kier alpha value is -3.03. The maximum atomic E-state index is 12.9. The molecule has 0 saturated heterocycles. The van der Waals surface area contributed by atoms with Crippen LogP contribution in [0.15, 0.2) is 27.8 Å². The van der Waals surface area contributed by atoms with Crippen molar-refractivity contribution >= 4 is 22.8 Å². The molecule has 8 heteroatoms. The van der Waals surface area contributed by atoms with Crippen molar-refractivity contribution in [2.24, 2.45) is 7.05 Å². The first-order valence-electron chi connectivity index (χ1n) is 9.10. The number of anilines is 2. The first kappa shape index (κ1) is 17.4. The predicted molar refractivity (Wildman–Crippen MR) is 104 cm³/mol. The Morgan fingerprint density at radius 1 is 1.22 bits per heavy atom. The maximum Gasteiger partial charge on any atom is 0.332 e. The number of imidazole rings is 1. The average molecular weight is 369 g/mol. The fraction of sp³-hybridized carbons (Fsp3) is 0.421. The normalized spacial score (nSPS) is 13.9. The van der Waals surface area contributed by atoms with E-state index >= 15 is 0 Å². The van der Waals surface area contributed by atoms with E-state index in [1.807, 2.05) is 23.6 Å². The van der Waals surface area contributed by atoms with Gasteiger partial charge in [-0.2, -0.15) is 4.98 Å². The number of fused-ring (bicyclic) bond motifs is 3. The molecule has 1 aromatic carbocycles. The second kappa shape index (κ2) is 6.29. The topological polar surface area (TPSA) is 74.3 Å². The van der Waals surface area contributed by atoms with E-state index in [1.165, 1.54) is 9.13 Å². The number of nitrogens with zero attached hydrogens (tertiary/aromatic N) is 5. The molecule has 4 rings (SSSR count). The van der Waals surface area contributed by atoms with E-state index in [-0.39, 0.29) is 11.2 Å². The Kier molecular flexibility index (Phi) is 4.05. The van der Waals surface area contributed by atoms with Crippen LogP contribution in [0.25, 0.3) is 11.2 Å². The highest BCUT2D eigenvalue weighted by atomic mass is 16.5. The number of aromatic nitrogens is 4. The van der Waals surface area contributed by atoms with Gasteiger partial charge in [-0.05, 0) is 38.0 Å². The van der Waals surface area contributed by atoms with Gasteiger partial charge in [0.2, 0.25) is 5.95 Å². The lowest BCUT2D eigenvalue weighted by Crippen LogP contribution is -2.39. The Labute approximate surface area is 156 Å². The van der Waals surface area contributed by atoms with Crippen molar-refractivity contribution in [3.8, 4) is 5.75 Å². The molecule has 0 aliphatic carbocycles. The van der Waals surface area contributed by atoms with Gasteiger partial charge in [-0.25, -0.2) is 4.79 Å². The van der Waals surface area contributed by atoms with Crippen LogP contribution in [0, 0.1) is 6.92 Å². The lowest BCUT2D eigenvalue weighted by molar-refractivity contribution is 0.414. The van der Waals surface area contributed by atoms with Crippen molar-refractivity contribution in [2.75, 3.05) is 18.6 Å². The van der Waals surface area contributed by atoms with Crippen LogP contribution in [0.3, 0.4) is 0 Å². The van der Waals surface area contributed by atoms with Gasteiger partial charge in [0.1, 0.15) is 5.75 Å². The second-order valence-electron chi connectivity index (χ2n) is 6.81. The molecule has 1 aliphatic heterocycles. The molecule has 0 N–H and O–H groups in total. The van der Waals surface area contributed by atoms with Gasteiger partial charge in [-0.15, -0.1) is 0 Å². The molecular weight excluding hydrogens is 346 g/mol. The summed E-state index contributed by atoms with van der Waals surface area (Å²) >= 11 is 0. The molecular formula is C19H23N5O3. The molecule has 0 atom stereocenters. The summed E-state index contributed by atoms with van der Waals surface area (Å²) in [7, 11) is 3.30. The third-order valence-corrected chi connectivity index (χ3v) is 5.16. The van der Waals surface area contributed by atoms with Crippen LogP contribution in [-0.4, -0.2) is 32.3 Å². The largest absolute Gasteiger partial charge is 0.495 e. The maximum absolute atomic E-state index is 12.9. The standard InChI is InChI=1S/C19H23N5O3/c1-5-22-17(25)15-16(21(3)19(22)26)20-18-23(9-6-10-24(15)18)13-11-12(2)7-8-14(13)27-4/h7-8,11H,5-6,9-10H2,1-4H3. The van der Waals surface area contributed by atoms with Crippen LogP contribution < -0.4 is 20.9 Å². The summed E-state index contributed by atoms with van der Waals surface area (Å²) in [5.74, 6) is 1.42. The number of benzene rings is 1. The summed E-state index contributed by atoms with van der Waals surface area (Å²) in [6.45, 7) is 5.61. The van der Waals surface area contributed by atoms with Crippen molar-refractivity contribution in [1.29, 1.82) is 0 Å². The fourth-order valence-electron chi connectivity index (χ4n) is 3.78. The number of methoxy groups -OCH3 is 1. The van der Waals surface area contributed by atoms with Crippen LogP contribution in [0.4, 0.5) is 11.6 Å². The number of aryl methyl sites for hydroxylation is 3.